The summed E-state index contributed by atoms with van der Waals surface area (Å²) in [7, 11) is 3.22. The Balaban J connectivity index is 0.00000289. The average molecular weight is 490 g/mol. The van der Waals surface area contributed by atoms with Crippen LogP contribution in [0.3, 0.4) is 0 Å². The summed E-state index contributed by atoms with van der Waals surface area (Å²) < 4.78 is 12.2. The van der Waals surface area contributed by atoms with Crippen molar-refractivity contribution >= 4 is 35.9 Å². The van der Waals surface area contributed by atoms with Gasteiger partial charge in [0, 0.05) is 11.3 Å². The predicted octanol–water partition coefficient (Wildman–Crippen LogP) is 5.03. The van der Waals surface area contributed by atoms with Gasteiger partial charge in [0.2, 0.25) is 5.95 Å². The first kappa shape index (κ1) is 23.8. The third-order valence-electron chi connectivity index (χ3n) is 5.59. The first-order valence-electron chi connectivity index (χ1n) is 10.7. The van der Waals surface area contributed by atoms with Gasteiger partial charge in [-0.05, 0) is 53.6 Å². The van der Waals surface area contributed by atoms with E-state index in [4.69, 9.17) is 9.47 Å². The molecule has 9 heteroatoms. The van der Waals surface area contributed by atoms with E-state index in [9.17, 15) is 4.79 Å². The average Bonchev–Trinajstić information content (AvgIpc) is 3.31. The van der Waals surface area contributed by atoms with E-state index in [0.717, 1.165) is 22.6 Å². The van der Waals surface area contributed by atoms with Gasteiger partial charge in [0.15, 0.2) is 0 Å². The van der Waals surface area contributed by atoms with Gasteiger partial charge in [-0.2, -0.15) is 4.98 Å². The second-order valence-electron chi connectivity index (χ2n) is 7.68. The summed E-state index contributed by atoms with van der Waals surface area (Å²) in [6, 6.07) is 24.5. The van der Waals surface area contributed by atoms with Crippen LogP contribution in [0.5, 0.6) is 11.5 Å². The molecule has 0 saturated heterocycles. The van der Waals surface area contributed by atoms with Crippen LogP contribution in [-0.4, -0.2) is 34.9 Å². The lowest BCUT2D eigenvalue weighted by Gasteiger charge is -2.24. The zero-order chi connectivity index (χ0) is 23.5. The quantitative estimate of drug-likeness (QED) is 0.395. The number of halogens is 1. The van der Waals surface area contributed by atoms with Crippen LogP contribution in [0.4, 0.5) is 11.9 Å². The third kappa shape index (κ3) is 4.97. The molecule has 2 heterocycles. The van der Waals surface area contributed by atoms with Crippen molar-refractivity contribution in [1.29, 1.82) is 0 Å². The van der Waals surface area contributed by atoms with Crippen molar-refractivity contribution in [3.8, 4) is 11.5 Å². The third-order valence-corrected chi connectivity index (χ3v) is 5.59. The summed E-state index contributed by atoms with van der Waals surface area (Å²) in [5, 5.41) is 10.7. The Morgan fingerprint density at radius 3 is 2.17 bits per heavy atom. The van der Waals surface area contributed by atoms with Gasteiger partial charge in [0.1, 0.15) is 17.5 Å². The summed E-state index contributed by atoms with van der Waals surface area (Å²) in [5.74, 6) is 1.90. The lowest BCUT2D eigenvalue weighted by Crippen LogP contribution is -2.20. The van der Waals surface area contributed by atoms with Gasteiger partial charge in [-0.15, -0.1) is 17.5 Å². The number of amides is 1. The predicted molar refractivity (Wildman–Crippen MR) is 137 cm³/mol. The molecule has 1 aliphatic heterocycles. The summed E-state index contributed by atoms with van der Waals surface area (Å²) in [6.07, 6.45) is 2.09. The highest BCUT2D eigenvalue weighted by atomic mass is 35.5. The first-order chi connectivity index (χ1) is 16.6. The number of hydrogen-bond acceptors (Lipinski definition) is 6. The van der Waals surface area contributed by atoms with Crippen LogP contribution in [-0.2, 0) is 0 Å². The Morgan fingerprint density at radius 2 is 1.54 bits per heavy atom. The maximum Gasteiger partial charge on any atom is 0.258 e. The van der Waals surface area contributed by atoms with Crippen molar-refractivity contribution in [3.63, 3.8) is 0 Å². The number of anilines is 2. The number of nitrogens with zero attached hydrogens (tertiary/aromatic N) is 3. The molecule has 0 saturated carbocycles. The molecule has 3 aromatic carbocycles. The van der Waals surface area contributed by atoms with Crippen LogP contribution in [0.15, 0.2) is 84.9 Å². The molecule has 1 unspecified atom stereocenters. The SMILES string of the molecule is COc1ccc(C(=O)Nc2nc3n(n2)C(c2ccc(OC)cc2)C=C(c2ccccc2)N3)cc1.Cl. The molecular weight excluding hydrogens is 466 g/mol. The Bertz CT molecular complexity index is 1340. The molecule has 2 N–H and O–H groups in total. The van der Waals surface area contributed by atoms with Crippen LogP contribution in [0, 0.1) is 0 Å². The molecule has 1 aromatic heterocycles. The van der Waals surface area contributed by atoms with E-state index in [-0.39, 0.29) is 30.3 Å². The fourth-order valence-corrected chi connectivity index (χ4v) is 3.79. The number of allylic oxidation sites excluding steroid dienone is 1. The highest BCUT2D eigenvalue weighted by Gasteiger charge is 2.26. The van der Waals surface area contributed by atoms with Gasteiger partial charge in [0.05, 0.1) is 14.2 Å². The monoisotopic (exact) mass is 489 g/mol. The topological polar surface area (TPSA) is 90.3 Å². The van der Waals surface area contributed by atoms with E-state index in [0.29, 0.717) is 17.3 Å². The van der Waals surface area contributed by atoms with Crippen LogP contribution in [0.1, 0.15) is 27.5 Å². The number of methoxy groups -OCH3 is 2. The largest absolute Gasteiger partial charge is 0.497 e. The number of rotatable bonds is 6. The zero-order valence-corrected chi connectivity index (χ0v) is 20.0. The van der Waals surface area contributed by atoms with Crippen molar-refractivity contribution in [2.75, 3.05) is 24.9 Å². The lowest BCUT2D eigenvalue weighted by atomic mass is 10.0. The zero-order valence-electron chi connectivity index (χ0n) is 19.1. The van der Waals surface area contributed by atoms with Crippen LogP contribution >= 0.6 is 12.4 Å². The molecular formula is C26H24ClN5O3. The number of carbonyl (C=O) groups excluding carboxylic acids is 1. The van der Waals surface area contributed by atoms with E-state index < -0.39 is 0 Å². The molecule has 0 bridgehead atoms. The molecule has 35 heavy (non-hydrogen) atoms. The maximum atomic E-state index is 12.7. The van der Waals surface area contributed by atoms with E-state index in [1.807, 2.05) is 54.6 Å². The highest BCUT2D eigenvalue weighted by molar-refractivity contribution is 6.03. The molecule has 0 spiro atoms. The number of nitrogens with one attached hydrogen (secondary N) is 2. The number of aromatic nitrogens is 3. The standard InChI is InChI=1S/C26H23N5O3.ClH/c1-33-20-12-8-18(9-13-20)23-16-22(17-6-4-3-5-7-17)27-26-29-25(30-31(23)26)28-24(32)19-10-14-21(34-2)15-11-19;/h3-16,23H,1-2H3,(H2,27,28,29,30,32);1H. The van der Waals surface area contributed by atoms with Gasteiger partial charge >= 0.3 is 0 Å². The summed E-state index contributed by atoms with van der Waals surface area (Å²) in [5.41, 5.74) is 3.43. The van der Waals surface area contributed by atoms with Gasteiger partial charge in [-0.3, -0.25) is 10.1 Å². The van der Waals surface area contributed by atoms with Crippen molar-refractivity contribution in [1.82, 2.24) is 14.8 Å². The van der Waals surface area contributed by atoms with Crippen LogP contribution in [0.2, 0.25) is 0 Å². The summed E-state index contributed by atoms with van der Waals surface area (Å²) in [4.78, 5) is 17.3. The number of ether oxygens (including phenoxy) is 2. The molecule has 1 amide bonds. The molecule has 0 radical (unpaired) electrons. The van der Waals surface area contributed by atoms with E-state index >= 15 is 0 Å². The van der Waals surface area contributed by atoms with Gasteiger partial charge in [-0.25, -0.2) is 4.68 Å². The highest BCUT2D eigenvalue weighted by Crippen LogP contribution is 2.33. The smallest absolute Gasteiger partial charge is 0.258 e. The molecule has 0 aliphatic carbocycles. The van der Waals surface area contributed by atoms with Crippen LogP contribution < -0.4 is 20.1 Å². The van der Waals surface area contributed by atoms with Gasteiger partial charge < -0.3 is 14.8 Å². The van der Waals surface area contributed by atoms with Gasteiger partial charge in [0.25, 0.3) is 11.9 Å². The first-order valence-corrected chi connectivity index (χ1v) is 10.7. The molecule has 5 rings (SSSR count). The fraction of sp³-hybridized carbons (Fsp3) is 0.115. The Labute approximate surface area is 209 Å². The minimum absolute atomic E-state index is 0. The lowest BCUT2D eigenvalue weighted by molar-refractivity contribution is 0.102. The minimum atomic E-state index is -0.303. The Kier molecular flexibility index (Phi) is 7.03. The van der Waals surface area contributed by atoms with Crippen molar-refractivity contribution in [2.45, 2.75) is 6.04 Å². The minimum Gasteiger partial charge on any atom is -0.497 e. The normalized spacial score (nSPS) is 14.0. The Morgan fingerprint density at radius 1 is 0.914 bits per heavy atom. The maximum absolute atomic E-state index is 12.7. The molecule has 0 fully saturated rings. The fourth-order valence-electron chi connectivity index (χ4n) is 3.79. The number of hydrogen-bond donors (Lipinski definition) is 2. The number of benzene rings is 3. The van der Waals surface area contributed by atoms with Crippen molar-refractivity contribution in [2.24, 2.45) is 0 Å². The van der Waals surface area contributed by atoms with Crippen molar-refractivity contribution < 1.29 is 14.3 Å². The number of carbonyl (C=O) groups is 1. The molecule has 8 nitrogen and oxygen atoms in total. The molecule has 4 aromatic rings. The summed E-state index contributed by atoms with van der Waals surface area (Å²) >= 11 is 0. The summed E-state index contributed by atoms with van der Waals surface area (Å²) in [6.45, 7) is 0. The van der Waals surface area contributed by atoms with E-state index in [2.05, 4.69) is 26.8 Å². The van der Waals surface area contributed by atoms with Gasteiger partial charge in [-0.1, -0.05) is 42.5 Å². The van der Waals surface area contributed by atoms with E-state index in [1.165, 1.54) is 0 Å². The molecule has 178 valence electrons. The second-order valence-corrected chi connectivity index (χ2v) is 7.68. The van der Waals surface area contributed by atoms with Crippen molar-refractivity contribution in [3.05, 3.63) is 102 Å². The van der Waals surface area contributed by atoms with E-state index in [1.54, 1.807) is 43.2 Å². The molecule has 1 atom stereocenters. The molecule has 1 aliphatic rings. The Hall–Kier alpha value is -4.30. The number of fused-ring (bicyclic) bond motifs is 1. The second kappa shape index (κ2) is 10.3. The van der Waals surface area contributed by atoms with Crippen LogP contribution in [0.25, 0.3) is 5.70 Å².